The number of fused-ring (bicyclic) bond motifs is 1. The number of nitrogens with zero attached hydrogens (tertiary/aromatic N) is 1. The number of nitrogens with one attached hydrogen (secondary N) is 1. The molecule has 0 radical (unpaired) electrons. The smallest absolute Gasteiger partial charge is 0.0636 e. The van der Waals surface area contributed by atoms with Crippen LogP contribution in [0.15, 0.2) is 6.20 Å². The summed E-state index contributed by atoms with van der Waals surface area (Å²) in [6.07, 6.45) is 3.21. The van der Waals surface area contributed by atoms with Crippen LogP contribution in [0.1, 0.15) is 25.1 Å². The summed E-state index contributed by atoms with van der Waals surface area (Å²) in [4.78, 5) is 0. The van der Waals surface area contributed by atoms with Crippen molar-refractivity contribution in [2.75, 3.05) is 0 Å². The van der Waals surface area contributed by atoms with Crippen molar-refractivity contribution in [3.63, 3.8) is 0 Å². The highest BCUT2D eigenvalue weighted by atomic mass is 16.3. The highest BCUT2D eigenvalue weighted by Gasteiger charge is 2.34. The molecule has 1 aromatic rings. The lowest BCUT2D eigenvalue weighted by Gasteiger charge is -2.34. The Hall–Kier alpha value is -0.830. The number of aromatic nitrogens is 2. The van der Waals surface area contributed by atoms with Crippen LogP contribution >= 0.6 is 0 Å². The van der Waals surface area contributed by atoms with E-state index in [9.17, 15) is 5.11 Å². The summed E-state index contributed by atoms with van der Waals surface area (Å²) in [6.45, 7) is 4.17. The van der Waals surface area contributed by atoms with Crippen molar-refractivity contribution in [1.82, 2.24) is 10.2 Å². The third-order valence-corrected chi connectivity index (χ3v) is 2.76. The van der Waals surface area contributed by atoms with E-state index in [-0.39, 0.29) is 11.5 Å². The Labute approximate surface area is 71.8 Å². The average molecular weight is 166 g/mol. The first-order valence-electron chi connectivity index (χ1n) is 4.29. The van der Waals surface area contributed by atoms with Gasteiger partial charge in [0.1, 0.15) is 0 Å². The number of aliphatic hydroxyl groups is 1. The quantitative estimate of drug-likeness (QED) is 0.601. The van der Waals surface area contributed by atoms with Crippen molar-refractivity contribution >= 4 is 0 Å². The molecular formula is C9H14N2O. The van der Waals surface area contributed by atoms with Crippen LogP contribution in [0, 0.1) is 5.41 Å². The molecule has 0 saturated heterocycles. The van der Waals surface area contributed by atoms with Crippen molar-refractivity contribution in [3.8, 4) is 0 Å². The Bertz CT molecular complexity index is 290. The molecule has 1 heterocycles. The van der Waals surface area contributed by atoms with Crippen molar-refractivity contribution in [2.45, 2.75) is 32.8 Å². The fraction of sp³-hybridized carbons (Fsp3) is 0.667. The molecule has 2 N–H and O–H groups in total. The van der Waals surface area contributed by atoms with Gasteiger partial charge in [0.25, 0.3) is 0 Å². The number of rotatable bonds is 0. The van der Waals surface area contributed by atoms with Gasteiger partial charge in [0.05, 0.1) is 12.3 Å². The average Bonchev–Trinajstić information content (AvgIpc) is 2.35. The van der Waals surface area contributed by atoms with Crippen LogP contribution < -0.4 is 0 Å². The van der Waals surface area contributed by atoms with Crippen LogP contribution in [0.25, 0.3) is 0 Å². The minimum Gasteiger partial charge on any atom is -0.392 e. The van der Waals surface area contributed by atoms with Gasteiger partial charge >= 0.3 is 0 Å². The van der Waals surface area contributed by atoms with Crippen molar-refractivity contribution in [3.05, 3.63) is 17.5 Å². The molecule has 0 bridgehead atoms. The van der Waals surface area contributed by atoms with Gasteiger partial charge in [0, 0.05) is 12.1 Å². The third kappa shape index (κ3) is 1.05. The van der Waals surface area contributed by atoms with Crippen LogP contribution in [-0.4, -0.2) is 21.4 Å². The maximum Gasteiger partial charge on any atom is 0.0636 e. The molecule has 0 spiro atoms. The number of aliphatic hydroxyl groups excluding tert-OH is 1. The number of hydrogen-bond donors (Lipinski definition) is 2. The standard InChI is InChI=1S/C9H14N2O/c1-9(2)4-7-6(3-8(9)12)5-10-11-7/h5,8,12H,3-4H2,1-2H3,(H,10,11). The van der Waals surface area contributed by atoms with Gasteiger partial charge in [-0.05, 0) is 17.4 Å². The summed E-state index contributed by atoms with van der Waals surface area (Å²) in [6, 6.07) is 0. The van der Waals surface area contributed by atoms with Crippen LogP contribution in [0.3, 0.4) is 0 Å². The normalized spacial score (nSPS) is 26.8. The topological polar surface area (TPSA) is 48.9 Å². The summed E-state index contributed by atoms with van der Waals surface area (Å²) in [5, 5.41) is 16.7. The molecular weight excluding hydrogens is 152 g/mol. The van der Waals surface area contributed by atoms with Gasteiger partial charge in [-0.25, -0.2) is 0 Å². The van der Waals surface area contributed by atoms with Crippen LogP contribution in [0.2, 0.25) is 0 Å². The van der Waals surface area contributed by atoms with Crippen LogP contribution in [0.4, 0.5) is 0 Å². The molecule has 2 rings (SSSR count). The van der Waals surface area contributed by atoms with E-state index in [2.05, 4.69) is 24.0 Å². The van der Waals surface area contributed by atoms with E-state index >= 15 is 0 Å². The monoisotopic (exact) mass is 166 g/mol. The summed E-state index contributed by atoms with van der Waals surface area (Å²) in [5.41, 5.74) is 2.34. The molecule has 66 valence electrons. The maximum absolute atomic E-state index is 9.76. The summed E-state index contributed by atoms with van der Waals surface area (Å²) in [5.74, 6) is 0. The molecule has 12 heavy (non-hydrogen) atoms. The number of H-pyrrole nitrogens is 1. The van der Waals surface area contributed by atoms with Gasteiger partial charge in [-0.2, -0.15) is 5.10 Å². The molecule has 1 unspecified atom stereocenters. The Kier molecular flexibility index (Phi) is 1.51. The van der Waals surface area contributed by atoms with Gasteiger partial charge < -0.3 is 5.11 Å². The zero-order valence-corrected chi connectivity index (χ0v) is 7.46. The SMILES string of the molecule is CC1(C)Cc2[nH]ncc2CC1O. The Morgan fingerprint density at radius 3 is 3.17 bits per heavy atom. The molecule has 0 amide bonds. The summed E-state index contributed by atoms with van der Waals surface area (Å²) >= 11 is 0. The molecule has 0 aliphatic heterocycles. The second kappa shape index (κ2) is 2.33. The van der Waals surface area contributed by atoms with Crippen LogP contribution in [-0.2, 0) is 12.8 Å². The maximum atomic E-state index is 9.76. The molecule has 0 aromatic carbocycles. The van der Waals surface area contributed by atoms with E-state index < -0.39 is 0 Å². The Balaban J connectivity index is 2.35. The fourth-order valence-corrected chi connectivity index (χ4v) is 1.72. The fourth-order valence-electron chi connectivity index (χ4n) is 1.72. The zero-order chi connectivity index (χ0) is 8.77. The molecule has 0 fully saturated rings. The minimum atomic E-state index is -0.234. The summed E-state index contributed by atoms with van der Waals surface area (Å²) in [7, 11) is 0. The minimum absolute atomic E-state index is 0.0144. The predicted molar refractivity (Wildman–Crippen MR) is 45.8 cm³/mol. The lowest BCUT2D eigenvalue weighted by Crippen LogP contribution is -2.37. The van der Waals surface area contributed by atoms with Crippen molar-refractivity contribution in [2.24, 2.45) is 5.41 Å². The van der Waals surface area contributed by atoms with Gasteiger partial charge in [-0.15, -0.1) is 0 Å². The molecule has 1 aliphatic carbocycles. The van der Waals surface area contributed by atoms with E-state index in [1.165, 1.54) is 11.3 Å². The summed E-state index contributed by atoms with van der Waals surface area (Å²) < 4.78 is 0. The predicted octanol–water partition coefficient (Wildman–Crippen LogP) is 0.895. The van der Waals surface area contributed by atoms with E-state index in [4.69, 9.17) is 0 Å². The van der Waals surface area contributed by atoms with Gasteiger partial charge in [0.15, 0.2) is 0 Å². The lowest BCUT2D eigenvalue weighted by atomic mass is 9.74. The molecule has 0 saturated carbocycles. The van der Waals surface area contributed by atoms with Crippen molar-refractivity contribution in [1.29, 1.82) is 0 Å². The molecule has 3 heteroatoms. The second-order valence-electron chi connectivity index (χ2n) is 4.26. The van der Waals surface area contributed by atoms with Crippen molar-refractivity contribution < 1.29 is 5.11 Å². The van der Waals surface area contributed by atoms with Crippen LogP contribution in [0.5, 0.6) is 0 Å². The highest BCUT2D eigenvalue weighted by molar-refractivity contribution is 5.23. The van der Waals surface area contributed by atoms with Gasteiger partial charge in [0.2, 0.25) is 0 Å². The second-order valence-corrected chi connectivity index (χ2v) is 4.26. The Morgan fingerprint density at radius 1 is 1.67 bits per heavy atom. The molecule has 1 aliphatic rings. The number of aromatic amines is 1. The van der Waals surface area contributed by atoms with E-state index in [1.54, 1.807) is 0 Å². The molecule has 1 atom stereocenters. The lowest BCUT2D eigenvalue weighted by molar-refractivity contribution is 0.0419. The van der Waals surface area contributed by atoms with Gasteiger partial charge in [-0.1, -0.05) is 13.8 Å². The first-order chi connectivity index (χ1) is 5.59. The Morgan fingerprint density at radius 2 is 2.42 bits per heavy atom. The van der Waals surface area contributed by atoms with E-state index in [0.717, 1.165) is 12.8 Å². The highest BCUT2D eigenvalue weighted by Crippen LogP contribution is 2.33. The first kappa shape index (κ1) is 7.80. The number of hydrogen-bond acceptors (Lipinski definition) is 2. The zero-order valence-electron chi connectivity index (χ0n) is 7.46. The van der Waals surface area contributed by atoms with Gasteiger partial charge in [-0.3, -0.25) is 5.10 Å². The molecule has 3 nitrogen and oxygen atoms in total. The largest absolute Gasteiger partial charge is 0.392 e. The third-order valence-electron chi connectivity index (χ3n) is 2.76. The molecule has 1 aromatic heterocycles. The first-order valence-corrected chi connectivity index (χ1v) is 4.29. The van der Waals surface area contributed by atoms with E-state index in [0.29, 0.717) is 0 Å². The van der Waals surface area contributed by atoms with E-state index in [1.807, 2.05) is 6.20 Å².